The molecule has 2 aromatic carbocycles. The largest absolute Gasteiger partial charge is 0.325 e. The molecule has 1 N–H and O–H groups in total. The van der Waals surface area contributed by atoms with E-state index in [4.69, 9.17) is 11.6 Å². The average Bonchev–Trinajstić information content (AvgIpc) is 3.21. The molecule has 4 rings (SSSR count). The number of carbonyl (C=O) groups excluding carboxylic acids is 1. The fourth-order valence-corrected chi connectivity index (χ4v) is 4.11. The number of rotatable bonds is 6. The number of amides is 1. The topological polar surface area (TPSA) is 72.7 Å². The van der Waals surface area contributed by atoms with Crippen molar-refractivity contribution < 1.29 is 9.18 Å². The van der Waals surface area contributed by atoms with E-state index in [1.165, 1.54) is 36.0 Å². The monoisotopic (exact) mass is 467 g/mol. The van der Waals surface area contributed by atoms with Gasteiger partial charge in [-0.3, -0.25) is 14.3 Å². The van der Waals surface area contributed by atoms with Crippen molar-refractivity contribution in [2.45, 2.75) is 24.3 Å². The van der Waals surface area contributed by atoms with Crippen LogP contribution in [0.5, 0.6) is 0 Å². The SMILES string of the molecule is Cc1c(Cl)cccc1-n1c(SC(C)C(=O)Nc2ccc(F)cc2)nnc1-c1ccncc1. The van der Waals surface area contributed by atoms with Gasteiger partial charge in [-0.15, -0.1) is 10.2 Å². The molecule has 2 aromatic heterocycles. The Morgan fingerprint density at radius 3 is 2.53 bits per heavy atom. The van der Waals surface area contributed by atoms with Crippen molar-refractivity contribution in [3.05, 3.63) is 83.4 Å². The van der Waals surface area contributed by atoms with Crippen molar-refractivity contribution in [1.29, 1.82) is 0 Å². The van der Waals surface area contributed by atoms with Crippen LogP contribution in [0.1, 0.15) is 12.5 Å². The zero-order valence-corrected chi connectivity index (χ0v) is 18.9. The molecule has 0 saturated carbocycles. The van der Waals surface area contributed by atoms with Crippen molar-refractivity contribution >= 4 is 35.0 Å². The minimum atomic E-state index is -0.493. The van der Waals surface area contributed by atoms with Crippen LogP contribution < -0.4 is 5.32 Å². The van der Waals surface area contributed by atoms with Crippen LogP contribution in [-0.2, 0) is 4.79 Å². The summed E-state index contributed by atoms with van der Waals surface area (Å²) in [6.07, 6.45) is 3.37. The molecular formula is C23H19ClFN5OS. The lowest BCUT2D eigenvalue weighted by atomic mass is 10.2. The molecule has 0 bridgehead atoms. The molecule has 0 radical (unpaired) electrons. The second kappa shape index (κ2) is 9.50. The summed E-state index contributed by atoms with van der Waals surface area (Å²) >= 11 is 7.65. The highest BCUT2D eigenvalue weighted by molar-refractivity contribution is 8.00. The van der Waals surface area contributed by atoms with Crippen molar-refractivity contribution in [3.8, 4) is 17.1 Å². The highest BCUT2D eigenvalue weighted by Gasteiger charge is 2.23. The van der Waals surface area contributed by atoms with Gasteiger partial charge in [0.15, 0.2) is 11.0 Å². The Kier molecular flexibility index (Phi) is 6.53. The number of aromatic nitrogens is 4. The van der Waals surface area contributed by atoms with E-state index < -0.39 is 5.25 Å². The first-order valence-corrected chi connectivity index (χ1v) is 11.0. The molecule has 0 aliphatic heterocycles. The zero-order chi connectivity index (χ0) is 22.7. The van der Waals surface area contributed by atoms with Gasteiger partial charge in [0.25, 0.3) is 0 Å². The lowest BCUT2D eigenvalue weighted by molar-refractivity contribution is -0.115. The van der Waals surface area contributed by atoms with Crippen LogP contribution in [0.4, 0.5) is 10.1 Å². The lowest BCUT2D eigenvalue weighted by Gasteiger charge is -2.16. The summed E-state index contributed by atoms with van der Waals surface area (Å²) < 4.78 is 15.0. The third-order valence-electron chi connectivity index (χ3n) is 4.82. The van der Waals surface area contributed by atoms with Gasteiger partial charge in [-0.05, 0) is 67.9 Å². The highest BCUT2D eigenvalue weighted by atomic mass is 35.5. The molecule has 32 heavy (non-hydrogen) atoms. The first-order valence-electron chi connectivity index (χ1n) is 9.78. The van der Waals surface area contributed by atoms with Crippen molar-refractivity contribution in [2.24, 2.45) is 0 Å². The third kappa shape index (κ3) is 4.66. The molecule has 1 amide bonds. The van der Waals surface area contributed by atoms with Crippen molar-refractivity contribution in [3.63, 3.8) is 0 Å². The van der Waals surface area contributed by atoms with E-state index >= 15 is 0 Å². The molecule has 0 aliphatic carbocycles. The molecule has 6 nitrogen and oxygen atoms in total. The number of nitrogens with one attached hydrogen (secondary N) is 1. The predicted octanol–water partition coefficient (Wildman–Crippen LogP) is 5.55. The van der Waals surface area contributed by atoms with Gasteiger partial charge in [0.2, 0.25) is 5.91 Å². The van der Waals surface area contributed by atoms with Gasteiger partial charge in [-0.25, -0.2) is 4.39 Å². The number of halogens is 2. The normalized spacial score (nSPS) is 11.9. The van der Waals surface area contributed by atoms with Crippen LogP contribution in [-0.4, -0.2) is 30.9 Å². The number of thioether (sulfide) groups is 1. The number of pyridine rings is 1. The van der Waals surface area contributed by atoms with Crippen molar-refractivity contribution in [2.75, 3.05) is 5.32 Å². The number of hydrogen-bond donors (Lipinski definition) is 1. The minimum Gasteiger partial charge on any atom is -0.325 e. The van der Waals surface area contributed by atoms with E-state index in [9.17, 15) is 9.18 Å². The Bertz CT molecular complexity index is 1250. The standard InChI is InChI=1S/C23H19ClFN5OS/c1-14-19(24)4-3-5-20(14)30-21(16-10-12-26-13-11-16)28-29-23(30)32-15(2)22(31)27-18-8-6-17(25)7-9-18/h3-13,15H,1-2H3,(H,27,31). The third-order valence-corrected chi connectivity index (χ3v) is 6.27. The van der Waals surface area contributed by atoms with Crippen LogP contribution in [0.25, 0.3) is 17.1 Å². The van der Waals surface area contributed by atoms with E-state index in [1.807, 2.05) is 41.8 Å². The van der Waals surface area contributed by atoms with Crippen LogP contribution in [0.2, 0.25) is 5.02 Å². The molecule has 2 heterocycles. The maximum Gasteiger partial charge on any atom is 0.237 e. The Labute approximate surface area is 193 Å². The zero-order valence-electron chi connectivity index (χ0n) is 17.3. The smallest absolute Gasteiger partial charge is 0.237 e. The summed E-state index contributed by atoms with van der Waals surface area (Å²) in [5.74, 6) is 0.0231. The molecule has 0 aliphatic rings. The summed E-state index contributed by atoms with van der Waals surface area (Å²) in [6.45, 7) is 3.70. The van der Waals surface area contributed by atoms with E-state index in [0.29, 0.717) is 21.7 Å². The molecule has 9 heteroatoms. The lowest BCUT2D eigenvalue weighted by Crippen LogP contribution is -2.23. The highest BCUT2D eigenvalue weighted by Crippen LogP contribution is 2.33. The van der Waals surface area contributed by atoms with Gasteiger partial charge in [0, 0.05) is 28.7 Å². The molecule has 4 aromatic rings. The van der Waals surface area contributed by atoms with Gasteiger partial charge in [-0.1, -0.05) is 29.4 Å². The molecule has 0 fully saturated rings. The minimum absolute atomic E-state index is 0.232. The van der Waals surface area contributed by atoms with E-state index in [2.05, 4.69) is 20.5 Å². The van der Waals surface area contributed by atoms with Gasteiger partial charge >= 0.3 is 0 Å². The van der Waals surface area contributed by atoms with Crippen LogP contribution in [0.15, 0.2) is 72.1 Å². The number of nitrogens with zero attached hydrogens (tertiary/aromatic N) is 4. The summed E-state index contributed by atoms with van der Waals surface area (Å²) in [5, 5.41) is 12.2. The quantitative estimate of drug-likeness (QED) is 0.376. The van der Waals surface area contributed by atoms with Gasteiger partial charge < -0.3 is 5.32 Å². The predicted molar refractivity (Wildman–Crippen MR) is 125 cm³/mol. The summed E-state index contributed by atoms with van der Waals surface area (Å²) in [6, 6.07) is 14.9. The Hall–Kier alpha value is -3.23. The van der Waals surface area contributed by atoms with E-state index in [1.54, 1.807) is 19.3 Å². The molecule has 0 spiro atoms. The van der Waals surface area contributed by atoms with Gasteiger partial charge in [0.05, 0.1) is 10.9 Å². The van der Waals surface area contributed by atoms with E-state index in [-0.39, 0.29) is 11.7 Å². The summed E-state index contributed by atoms with van der Waals surface area (Å²) in [4.78, 5) is 16.8. The second-order valence-corrected chi connectivity index (χ2v) is 8.73. The molecular weight excluding hydrogens is 449 g/mol. The maximum atomic E-state index is 13.1. The molecule has 1 atom stereocenters. The fraction of sp³-hybridized carbons (Fsp3) is 0.130. The summed E-state index contributed by atoms with van der Waals surface area (Å²) in [7, 11) is 0. The summed E-state index contributed by atoms with van der Waals surface area (Å²) in [5.41, 5.74) is 3.05. The van der Waals surface area contributed by atoms with Crippen LogP contribution >= 0.6 is 23.4 Å². The average molecular weight is 468 g/mol. The van der Waals surface area contributed by atoms with Crippen molar-refractivity contribution in [1.82, 2.24) is 19.7 Å². The first kappa shape index (κ1) is 22.0. The molecule has 162 valence electrons. The number of benzene rings is 2. The Morgan fingerprint density at radius 2 is 1.81 bits per heavy atom. The first-order chi connectivity index (χ1) is 15.4. The van der Waals surface area contributed by atoms with Gasteiger partial charge in [-0.2, -0.15) is 0 Å². The Balaban J connectivity index is 1.68. The number of carbonyl (C=O) groups is 1. The fourth-order valence-electron chi connectivity index (χ4n) is 3.08. The molecule has 1 unspecified atom stereocenters. The van der Waals surface area contributed by atoms with Crippen LogP contribution in [0.3, 0.4) is 0 Å². The molecule has 0 saturated heterocycles. The van der Waals surface area contributed by atoms with E-state index in [0.717, 1.165) is 16.8 Å². The number of anilines is 1. The van der Waals surface area contributed by atoms with Crippen LogP contribution in [0, 0.1) is 12.7 Å². The second-order valence-electron chi connectivity index (χ2n) is 7.02. The maximum absolute atomic E-state index is 13.1. The number of hydrogen-bond acceptors (Lipinski definition) is 5. The van der Waals surface area contributed by atoms with Gasteiger partial charge in [0.1, 0.15) is 5.82 Å². The Morgan fingerprint density at radius 1 is 1.09 bits per heavy atom.